The van der Waals surface area contributed by atoms with Crippen LogP contribution >= 0.6 is 11.6 Å². The highest BCUT2D eigenvalue weighted by Crippen LogP contribution is 2.34. The zero-order valence-electron chi connectivity index (χ0n) is 16.6. The van der Waals surface area contributed by atoms with E-state index in [1.807, 2.05) is 32.0 Å². The number of anilines is 1. The number of phenolic OH excluding ortho intramolecular Hbond substituents is 1. The molecule has 0 radical (unpaired) electrons. The summed E-state index contributed by atoms with van der Waals surface area (Å²) in [6.07, 6.45) is 2.76. The second kappa shape index (κ2) is 10.5. The molecule has 0 spiro atoms. The fourth-order valence-corrected chi connectivity index (χ4v) is 2.94. The summed E-state index contributed by atoms with van der Waals surface area (Å²) in [5.74, 6) is -1.68. The quantitative estimate of drug-likeness (QED) is 0.363. The number of hydrogen-bond donors (Lipinski definition) is 3. The van der Waals surface area contributed by atoms with Crippen molar-refractivity contribution in [3.05, 3.63) is 52.0 Å². The Morgan fingerprint density at radius 2 is 1.79 bits per heavy atom. The van der Waals surface area contributed by atoms with Crippen LogP contribution in [0.4, 0.5) is 5.69 Å². The molecule has 3 N–H and O–H groups in total. The number of para-hydroxylation sites is 1. The topological polar surface area (TPSA) is 100 Å². The lowest BCUT2D eigenvalue weighted by molar-refractivity contribution is -0.136. The second-order valence-corrected chi connectivity index (χ2v) is 6.50. The van der Waals surface area contributed by atoms with Gasteiger partial charge in [-0.25, -0.2) is 5.43 Å². The van der Waals surface area contributed by atoms with Crippen LogP contribution in [0.5, 0.6) is 11.5 Å². The van der Waals surface area contributed by atoms with Crippen LogP contribution in [-0.2, 0) is 22.4 Å². The average molecular weight is 418 g/mol. The van der Waals surface area contributed by atoms with Gasteiger partial charge in [-0.2, -0.15) is 5.10 Å². The molecule has 0 heterocycles. The summed E-state index contributed by atoms with van der Waals surface area (Å²) in [4.78, 5) is 24.4. The van der Waals surface area contributed by atoms with Gasteiger partial charge in [0.2, 0.25) is 0 Å². The summed E-state index contributed by atoms with van der Waals surface area (Å²) in [7, 11) is 0. The van der Waals surface area contributed by atoms with Gasteiger partial charge in [0.15, 0.2) is 11.5 Å². The first-order valence-corrected chi connectivity index (χ1v) is 9.69. The number of halogens is 1. The molecule has 0 aliphatic rings. The van der Waals surface area contributed by atoms with E-state index >= 15 is 0 Å². The van der Waals surface area contributed by atoms with E-state index in [2.05, 4.69) is 15.8 Å². The number of hydrazone groups is 1. The molecule has 0 aliphatic carbocycles. The maximum atomic E-state index is 12.3. The number of aromatic hydroxyl groups is 1. The fourth-order valence-electron chi connectivity index (χ4n) is 2.72. The number of benzene rings is 2. The number of rotatable bonds is 7. The lowest BCUT2D eigenvalue weighted by Crippen LogP contribution is -2.33. The van der Waals surface area contributed by atoms with Crippen LogP contribution in [0.3, 0.4) is 0 Å². The van der Waals surface area contributed by atoms with Crippen molar-refractivity contribution in [1.82, 2.24) is 5.43 Å². The maximum absolute atomic E-state index is 12.3. The first kappa shape index (κ1) is 22.2. The average Bonchev–Trinajstić information content (AvgIpc) is 2.71. The molecule has 0 atom stereocenters. The molecule has 2 aromatic carbocycles. The summed E-state index contributed by atoms with van der Waals surface area (Å²) in [6, 6.07) is 8.73. The van der Waals surface area contributed by atoms with Crippen molar-refractivity contribution >= 4 is 35.3 Å². The Hall–Kier alpha value is -3.06. The van der Waals surface area contributed by atoms with Crippen molar-refractivity contribution in [2.45, 2.75) is 33.6 Å². The van der Waals surface area contributed by atoms with E-state index in [-0.39, 0.29) is 16.5 Å². The number of ether oxygens (including phenoxy) is 1. The van der Waals surface area contributed by atoms with Crippen LogP contribution in [0.1, 0.15) is 37.5 Å². The third-order valence-corrected chi connectivity index (χ3v) is 4.46. The van der Waals surface area contributed by atoms with Crippen molar-refractivity contribution in [1.29, 1.82) is 0 Å². The van der Waals surface area contributed by atoms with Crippen LogP contribution in [-0.4, -0.2) is 29.7 Å². The van der Waals surface area contributed by atoms with Crippen LogP contribution in [0.2, 0.25) is 5.02 Å². The first-order valence-electron chi connectivity index (χ1n) is 9.31. The number of hydrogen-bond acceptors (Lipinski definition) is 5. The monoisotopic (exact) mass is 417 g/mol. The molecule has 7 nitrogen and oxygen atoms in total. The largest absolute Gasteiger partial charge is 0.503 e. The predicted molar refractivity (Wildman–Crippen MR) is 114 cm³/mol. The van der Waals surface area contributed by atoms with Gasteiger partial charge in [0.1, 0.15) is 0 Å². The van der Waals surface area contributed by atoms with Crippen LogP contribution in [0, 0.1) is 0 Å². The van der Waals surface area contributed by atoms with E-state index in [0.717, 1.165) is 24.0 Å². The standard InChI is InChI=1S/C21H24ClN3O4/c1-4-14-8-7-9-15(5-2)18(14)24-20(27)21(28)25-23-12-13-10-16(22)19(26)17(11-13)29-6-3/h7-12,26H,4-6H2,1-3H3,(H,24,27)(H,25,28)/b23-12+. The second-order valence-electron chi connectivity index (χ2n) is 6.09. The molecule has 2 aromatic rings. The molecule has 29 heavy (non-hydrogen) atoms. The Kier molecular flexibility index (Phi) is 8.03. The number of nitrogens with zero attached hydrogens (tertiary/aromatic N) is 1. The lowest BCUT2D eigenvalue weighted by Gasteiger charge is -2.13. The van der Waals surface area contributed by atoms with Gasteiger partial charge < -0.3 is 15.2 Å². The molecule has 8 heteroatoms. The molecule has 0 saturated heterocycles. The minimum Gasteiger partial charge on any atom is -0.503 e. The number of nitrogens with one attached hydrogen (secondary N) is 2. The molecular weight excluding hydrogens is 394 g/mol. The van der Waals surface area contributed by atoms with Crippen LogP contribution in [0.15, 0.2) is 35.4 Å². The van der Waals surface area contributed by atoms with E-state index in [1.54, 1.807) is 6.92 Å². The van der Waals surface area contributed by atoms with E-state index in [0.29, 0.717) is 17.9 Å². The van der Waals surface area contributed by atoms with Crippen molar-refractivity contribution in [2.75, 3.05) is 11.9 Å². The highest BCUT2D eigenvalue weighted by atomic mass is 35.5. The van der Waals surface area contributed by atoms with E-state index in [1.165, 1.54) is 18.3 Å². The van der Waals surface area contributed by atoms with Crippen LogP contribution in [0.25, 0.3) is 0 Å². The zero-order valence-corrected chi connectivity index (χ0v) is 17.3. The predicted octanol–water partition coefficient (Wildman–Crippen LogP) is 3.66. The van der Waals surface area contributed by atoms with Crippen molar-refractivity contribution in [3.63, 3.8) is 0 Å². The highest BCUT2D eigenvalue weighted by molar-refractivity contribution is 6.39. The Balaban J connectivity index is 2.07. The maximum Gasteiger partial charge on any atom is 0.329 e. The summed E-state index contributed by atoms with van der Waals surface area (Å²) in [6.45, 7) is 6.08. The van der Waals surface area contributed by atoms with Gasteiger partial charge in [-0.1, -0.05) is 43.6 Å². The molecule has 0 bridgehead atoms. The van der Waals surface area contributed by atoms with Gasteiger partial charge in [-0.05, 0) is 48.6 Å². The molecule has 0 unspecified atom stereocenters. The number of carbonyl (C=O) groups excluding carboxylic acids is 2. The molecule has 0 fully saturated rings. The fraction of sp³-hybridized carbons (Fsp3) is 0.286. The summed E-state index contributed by atoms with van der Waals surface area (Å²) >= 11 is 5.95. The number of carbonyl (C=O) groups is 2. The van der Waals surface area contributed by atoms with E-state index in [9.17, 15) is 14.7 Å². The van der Waals surface area contributed by atoms with Crippen molar-refractivity contribution < 1.29 is 19.4 Å². The molecular formula is C21H24ClN3O4. The van der Waals surface area contributed by atoms with Crippen LogP contribution < -0.4 is 15.5 Å². The van der Waals surface area contributed by atoms with Gasteiger partial charge in [-0.15, -0.1) is 0 Å². The first-order chi connectivity index (χ1) is 13.9. The minimum absolute atomic E-state index is 0.0877. The Morgan fingerprint density at radius 3 is 2.38 bits per heavy atom. The minimum atomic E-state index is -0.899. The van der Waals surface area contributed by atoms with Gasteiger partial charge in [0.25, 0.3) is 0 Å². The Bertz CT molecular complexity index is 906. The van der Waals surface area contributed by atoms with Gasteiger partial charge in [0.05, 0.1) is 17.8 Å². The molecule has 0 aliphatic heterocycles. The Morgan fingerprint density at radius 1 is 1.14 bits per heavy atom. The molecule has 0 saturated carbocycles. The SMILES string of the molecule is CCOc1cc(/C=N/NC(=O)C(=O)Nc2c(CC)cccc2CC)cc(Cl)c1O. The van der Waals surface area contributed by atoms with Gasteiger partial charge in [-0.3, -0.25) is 9.59 Å². The smallest absolute Gasteiger partial charge is 0.329 e. The zero-order chi connectivity index (χ0) is 21.4. The molecule has 2 amide bonds. The van der Waals surface area contributed by atoms with E-state index in [4.69, 9.17) is 16.3 Å². The summed E-state index contributed by atoms with van der Waals surface area (Å²) in [5, 5.41) is 16.4. The molecule has 2 rings (SSSR count). The van der Waals surface area contributed by atoms with E-state index < -0.39 is 11.8 Å². The third kappa shape index (κ3) is 5.71. The van der Waals surface area contributed by atoms with Crippen molar-refractivity contribution in [2.24, 2.45) is 5.10 Å². The van der Waals surface area contributed by atoms with Gasteiger partial charge >= 0.3 is 11.8 Å². The Labute approximate surface area is 174 Å². The number of phenols is 1. The summed E-state index contributed by atoms with van der Waals surface area (Å²) < 4.78 is 5.29. The lowest BCUT2D eigenvalue weighted by atomic mass is 10.0. The van der Waals surface area contributed by atoms with Gasteiger partial charge in [0, 0.05) is 5.69 Å². The number of aryl methyl sites for hydroxylation is 2. The highest BCUT2D eigenvalue weighted by Gasteiger charge is 2.16. The summed E-state index contributed by atoms with van der Waals surface area (Å²) in [5.41, 5.74) is 5.24. The van der Waals surface area contributed by atoms with Crippen molar-refractivity contribution in [3.8, 4) is 11.5 Å². The third-order valence-electron chi connectivity index (χ3n) is 4.17. The number of amides is 2. The molecule has 0 aromatic heterocycles. The molecule has 154 valence electrons. The normalized spacial score (nSPS) is 10.8.